The third-order valence-electron chi connectivity index (χ3n) is 13.4. The minimum atomic E-state index is 0.642. The van der Waals surface area contributed by atoms with Crippen molar-refractivity contribution < 1.29 is 0 Å². The topological polar surface area (TPSA) is 43.6 Å². The van der Waals surface area contributed by atoms with Crippen LogP contribution in [-0.4, -0.2) is 19.5 Å². The fourth-order valence-electron chi connectivity index (χ4n) is 10.4. The van der Waals surface area contributed by atoms with E-state index in [2.05, 4.69) is 199 Å². The summed E-state index contributed by atoms with van der Waals surface area (Å²) in [4.78, 5) is 16.6. The predicted molar refractivity (Wildman–Crippen MR) is 284 cm³/mol. The zero-order valence-corrected chi connectivity index (χ0v) is 37.4. The van der Waals surface area contributed by atoms with Crippen molar-refractivity contribution >= 4 is 138 Å². The molecule has 4 nitrogen and oxygen atoms in total. The highest BCUT2D eigenvalue weighted by atomic mass is 32.1. The van der Waals surface area contributed by atoms with Crippen molar-refractivity contribution in [2.45, 2.75) is 0 Å². The lowest BCUT2D eigenvalue weighted by Crippen LogP contribution is -2.04. The first-order valence-electron chi connectivity index (χ1n) is 22.1. The Hall–Kier alpha value is -7.81. The molecule has 0 fully saturated rings. The van der Waals surface area contributed by atoms with Gasteiger partial charge in [-0.25, -0.2) is 15.0 Å². The lowest BCUT2D eigenvalue weighted by atomic mass is 10.0. The van der Waals surface area contributed by atoms with E-state index in [9.17, 15) is 0 Å². The van der Waals surface area contributed by atoms with E-state index in [1.807, 2.05) is 34.0 Å². The number of hydrogen-bond acceptors (Lipinski definition) is 6. The molecule has 306 valence electrons. The first-order valence-corrected chi connectivity index (χ1v) is 24.5. The molecule has 66 heavy (non-hydrogen) atoms. The number of hydrogen-bond donors (Lipinski definition) is 0. The molecule has 0 unspecified atom stereocenters. The minimum Gasteiger partial charge on any atom is -0.308 e. The van der Waals surface area contributed by atoms with Gasteiger partial charge in [0.1, 0.15) is 0 Å². The fourth-order valence-corrected chi connectivity index (χ4v) is 13.8. The molecule has 0 amide bonds. The van der Waals surface area contributed by atoms with Crippen LogP contribution in [0.1, 0.15) is 0 Å². The number of benzene rings is 10. The summed E-state index contributed by atoms with van der Waals surface area (Å²) < 4.78 is 9.84. The van der Waals surface area contributed by atoms with Gasteiger partial charge in [-0.05, 0) is 82.2 Å². The van der Waals surface area contributed by atoms with Gasteiger partial charge >= 0.3 is 0 Å². The highest BCUT2D eigenvalue weighted by Gasteiger charge is 2.25. The van der Waals surface area contributed by atoms with Crippen LogP contribution in [0.3, 0.4) is 0 Å². The van der Waals surface area contributed by atoms with Gasteiger partial charge in [-0.2, -0.15) is 0 Å². The Labute approximate surface area is 388 Å². The molecule has 0 atom stereocenters. The summed E-state index contributed by atoms with van der Waals surface area (Å²) in [7, 11) is 0. The number of nitrogens with zero attached hydrogens (tertiary/aromatic N) is 4. The number of rotatable bonds is 4. The van der Waals surface area contributed by atoms with E-state index in [-0.39, 0.29) is 0 Å². The Morgan fingerprint density at radius 1 is 0.303 bits per heavy atom. The molecular formula is C59H32N4S3. The van der Waals surface area contributed by atoms with Gasteiger partial charge in [0.2, 0.25) is 0 Å². The van der Waals surface area contributed by atoms with Crippen molar-refractivity contribution in [1.82, 2.24) is 19.5 Å². The summed E-state index contributed by atoms with van der Waals surface area (Å²) in [5.74, 6) is 1.93. The average molecular weight is 893 g/mol. The summed E-state index contributed by atoms with van der Waals surface area (Å²) in [5.41, 5.74) is 6.21. The lowest BCUT2D eigenvalue weighted by molar-refractivity contribution is 1.07. The van der Waals surface area contributed by atoms with Crippen LogP contribution in [0.2, 0.25) is 0 Å². The summed E-state index contributed by atoms with van der Waals surface area (Å²) in [6.07, 6.45) is 0. The van der Waals surface area contributed by atoms with Gasteiger partial charge < -0.3 is 4.57 Å². The molecular weight excluding hydrogens is 861 g/mol. The second-order valence-corrected chi connectivity index (χ2v) is 20.3. The summed E-state index contributed by atoms with van der Waals surface area (Å²) in [6.45, 7) is 0. The molecule has 0 N–H and O–H groups in total. The molecule has 0 saturated heterocycles. The third kappa shape index (κ3) is 5.33. The van der Waals surface area contributed by atoms with Crippen LogP contribution in [-0.2, 0) is 0 Å². The summed E-state index contributed by atoms with van der Waals surface area (Å²) in [6, 6.07) is 70.8. The van der Waals surface area contributed by atoms with Gasteiger partial charge in [-0.3, -0.25) is 0 Å². The van der Waals surface area contributed by atoms with E-state index in [4.69, 9.17) is 15.0 Å². The fraction of sp³-hybridized carbons (Fsp3) is 0. The van der Waals surface area contributed by atoms with Crippen LogP contribution in [0.15, 0.2) is 194 Å². The minimum absolute atomic E-state index is 0.642. The van der Waals surface area contributed by atoms with E-state index in [0.717, 1.165) is 38.8 Å². The van der Waals surface area contributed by atoms with Gasteiger partial charge in [0.05, 0.1) is 22.3 Å². The normalized spacial score (nSPS) is 12.2. The van der Waals surface area contributed by atoms with Crippen molar-refractivity contribution in [3.05, 3.63) is 194 Å². The molecule has 0 aliphatic carbocycles. The molecule has 10 aromatic carbocycles. The van der Waals surface area contributed by atoms with Crippen molar-refractivity contribution in [2.24, 2.45) is 0 Å². The Morgan fingerprint density at radius 2 is 0.818 bits per heavy atom. The first kappa shape index (κ1) is 36.5. The average Bonchev–Trinajstić information content (AvgIpc) is 4.13. The second kappa shape index (κ2) is 13.8. The molecule has 0 spiro atoms. The molecule has 0 aliphatic heterocycles. The highest BCUT2D eigenvalue weighted by molar-refractivity contribution is 7.26. The summed E-state index contributed by atoms with van der Waals surface area (Å²) >= 11 is 5.44. The molecule has 0 aliphatic rings. The molecule has 0 radical (unpaired) electrons. The van der Waals surface area contributed by atoms with Crippen LogP contribution < -0.4 is 0 Å². The van der Waals surface area contributed by atoms with E-state index in [1.54, 1.807) is 0 Å². The van der Waals surface area contributed by atoms with Crippen molar-refractivity contribution in [2.75, 3.05) is 0 Å². The maximum Gasteiger partial charge on any atom is 0.166 e. The van der Waals surface area contributed by atoms with Crippen LogP contribution in [0.4, 0.5) is 0 Å². The quantitative estimate of drug-likeness (QED) is 0.177. The predicted octanol–water partition coefficient (Wildman–Crippen LogP) is 17.4. The van der Waals surface area contributed by atoms with E-state index in [0.29, 0.717) is 17.5 Å². The smallest absolute Gasteiger partial charge is 0.166 e. The van der Waals surface area contributed by atoms with E-state index in [1.165, 1.54) is 87.4 Å². The van der Waals surface area contributed by atoms with Gasteiger partial charge in [0.15, 0.2) is 17.5 Å². The maximum absolute atomic E-state index is 5.60. The second-order valence-electron chi connectivity index (χ2n) is 17.1. The SMILES string of the molecule is c1ccc2cc3c(cc2c1)c1c2ccccc2ccc1n3-c1ccc2sc3ccccc3c2c1-c1nc(-c2ccc3c(c2)sc2ccccc23)nc(-c2ccc3c(c2)sc2ccccc23)n1. The first-order chi connectivity index (χ1) is 32.7. The molecule has 5 aromatic heterocycles. The Balaban J connectivity index is 1.07. The van der Waals surface area contributed by atoms with Gasteiger partial charge in [-0.15, -0.1) is 34.0 Å². The van der Waals surface area contributed by atoms with Gasteiger partial charge in [0, 0.05) is 82.4 Å². The molecule has 15 rings (SSSR count). The number of aromatic nitrogens is 4. The molecule has 0 saturated carbocycles. The zero-order valence-electron chi connectivity index (χ0n) is 35.0. The largest absolute Gasteiger partial charge is 0.308 e. The molecule has 5 heterocycles. The van der Waals surface area contributed by atoms with Crippen molar-refractivity contribution in [3.8, 4) is 39.9 Å². The van der Waals surface area contributed by atoms with Gasteiger partial charge in [-0.1, -0.05) is 133 Å². The standard InChI is InChI=1S/C59H32N4S3/c1-2-13-35-30-47-44(29-34(35)12-1)54-38-14-4-3-11-33(38)23-26-45(54)63(47)46-27-28-51-55(43-17-7-10-20-50(43)64-51)56(46)59-61-57(36-21-24-41-39-15-5-8-18-48(39)65-52(41)31-36)60-58(62-59)37-22-25-42-40-16-6-9-19-49(40)66-53(42)32-37/h1-32H. The van der Waals surface area contributed by atoms with Crippen LogP contribution in [0.25, 0.3) is 144 Å². The van der Waals surface area contributed by atoms with E-state index < -0.39 is 0 Å². The summed E-state index contributed by atoms with van der Waals surface area (Å²) in [5, 5.41) is 14.7. The molecule has 7 heteroatoms. The van der Waals surface area contributed by atoms with Crippen LogP contribution in [0.5, 0.6) is 0 Å². The van der Waals surface area contributed by atoms with Crippen molar-refractivity contribution in [3.63, 3.8) is 0 Å². The van der Waals surface area contributed by atoms with Crippen LogP contribution >= 0.6 is 34.0 Å². The maximum atomic E-state index is 5.60. The number of fused-ring (bicyclic) bond motifs is 15. The molecule has 0 bridgehead atoms. The Morgan fingerprint density at radius 3 is 1.48 bits per heavy atom. The molecule has 15 aromatic rings. The Bertz CT molecular complexity index is 4420. The van der Waals surface area contributed by atoms with Gasteiger partial charge in [0.25, 0.3) is 0 Å². The van der Waals surface area contributed by atoms with Crippen LogP contribution in [0, 0.1) is 0 Å². The highest BCUT2D eigenvalue weighted by Crippen LogP contribution is 2.47. The zero-order chi connectivity index (χ0) is 43.0. The van der Waals surface area contributed by atoms with Crippen molar-refractivity contribution in [1.29, 1.82) is 0 Å². The Kier molecular flexibility index (Phi) is 7.66. The number of thiophene rings is 3. The van der Waals surface area contributed by atoms with E-state index >= 15 is 0 Å². The lowest BCUT2D eigenvalue weighted by Gasteiger charge is -2.16. The third-order valence-corrected chi connectivity index (χ3v) is 16.8. The monoisotopic (exact) mass is 892 g/mol.